The van der Waals surface area contributed by atoms with Crippen molar-refractivity contribution < 1.29 is 14.0 Å². The molecule has 0 fully saturated rings. The van der Waals surface area contributed by atoms with Gasteiger partial charge in [-0.25, -0.2) is 4.39 Å². The first kappa shape index (κ1) is 22.0. The van der Waals surface area contributed by atoms with Crippen LogP contribution in [0.15, 0.2) is 54.6 Å². The molecule has 0 aliphatic carbocycles. The predicted molar refractivity (Wildman–Crippen MR) is 112 cm³/mol. The van der Waals surface area contributed by atoms with Gasteiger partial charge in [0.2, 0.25) is 11.8 Å². The van der Waals surface area contributed by atoms with E-state index in [1.165, 1.54) is 16.5 Å². The van der Waals surface area contributed by atoms with Gasteiger partial charge in [0.25, 0.3) is 0 Å². The third kappa shape index (κ3) is 6.68. The molecule has 0 spiro atoms. The summed E-state index contributed by atoms with van der Waals surface area (Å²) in [4.78, 5) is 26.6. The summed E-state index contributed by atoms with van der Waals surface area (Å²) >= 11 is 1.67. The van der Waals surface area contributed by atoms with E-state index in [2.05, 4.69) is 17.4 Å². The van der Waals surface area contributed by atoms with E-state index in [1.807, 2.05) is 25.1 Å². The Bertz CT molecular complexity index is 770. The molecular formula is C22H27FN2O2S. The van der Waals surface area contributed by atoms with Crippen LogP contribution < -0.4 is 5.32 Å². The summed E-state index contributed by atoms with van der Waals surface area (Å²) in [5.74, 6) is 0.713. The first-order valence-corrected chi connectivity index (χ1v) is 10.6. The highest BCUT2D eigenvalue weighted by Gasteiger charge is 2.26. The van der Waals surface area contributed by atoms with E-state index >= 15 is 0 Å². The number of carbonyl (C=O) groups is 2. The molecule has 4 nitrogen and oxygen atoms in total. The average molecular weight is 403 g/mol. The number of halogens is 1. The highest BCUT2D eigenvalue weighted by atomic mass is 32.2. The van der Waals surface area contributed by atoms with Crippen LogP contribution in [0.25, 0.3) is 0 Å². The molecule has 2 aromatic carbocycles. The molecule has 6 heteroatoms. The van der Waals surface area contributed by atoms with Crippen molar-refractivity contribution in [1.29, 1.82) is 0 Å². The van der Waals surface area contributed by atoms with Gasteiger partial charge in [0.1, 0.15) is 11.9 Å². The van der Waals surface area contributed by atoms with Gasteiger partial charge in [0.05, 0.1) is 0 Å². The van der Waals surface area contributed by atoms with Crippen molar-refractivity contribution in [1.82, 2.24) is 10.2 Å². The molecule has 28 heavy (non-hydrogen) atoms. The average Bonchev–Trinajstić information content (AvgIpc) is 2.71. The summed E-state index contributed by atoms with van der Waals surface area (Å²) in [6.45, 7) is 4.07. The molecule has 0 heterocycles. The molecule has 0 bridgehead atoms. The normalized spacial score (nSPS) is 11.7. The van der Waals surface area contributed by atoms with E-state index in [1.54, 1.807) is 36.9 Å². The minimum absolute atomic E-state index is 0.0765. The van der Waals surface area contributed by atoms with Gasteiger partial charge < -0.3 is 10.2 Å². The standard InChI is InChI=1S/C22H27FN2O2S/c1-3-24-22(27)17(2)25(15-19-11-7-8-12-20(19)23)21(26)13-14-28-16-18-9-5-4-6-10-18/h4-12,17H,3,13-16H2,1-2H3,(H,24,27)/t17-/m1/s1. The zero-order chi connectivity index (χ0) is 20.4. The van der Waals surface area contributed by atoms with Crippen LogP contribution in [0.2, 0.25) is 0 Å². The monoisotopic (exact) mass is 402 g/mol. The number of rotatable bonds is 10. The lowest BCUT2D eigenvalue weighted by molar-refractivity contribution is -0.140. The smallest absolute Gasteiger partial charge is 0.242 e. The molecule has 2 amide bonds. The maximum atomic E-state index is 14.1. The summed E-state index contributed by atoms with van der Waals surface area (Å²) in [6, 6.07) is 15.7. The van der Waals surface area contributed by atoms with Gasteiger partial charge in [0.15, 0.2) is 0 Å². The fourth-order valence-corrected chi connectivity index (χ4v) is 3.67. The number of benzene rings is 2. The van der Waals surface area contributed by atoms with Crippen LogP contribution in [0, 0.1) is 5.82 Å². The number of thioether (sulfide) groups is 1. The van der Waals surface area contributed by atoms with Crippen LogP contribution in [0.5, 0.6) is 0 Å². The lowest BCUT2D eigenvalue weighted by Gasteiger charge is -2.29. The van der Waals surface area contributed by atoms with Gasteiger partial charge in [-0.05, 0) is 25.5 Å². The molecule has 150 valence electrons. The minimum atomic E-state index is -0.661. The largest absolute Gasteiger partial charge is 0.355 e. The third-order valence-electron chi connectivity index (χ3n) is 4.39. The van der Waals surface area contributed by atoms with Crippen LogP contribution in [0.3, 0.4) is 0 Å². The van der Waals surface area contributed by atoms with Gasteiger partial charge in [-0.3, -0.25) is 9.59 Å². The summed E-state index contributed by atoms with van der Waals surface area (Å²) in [6.07, 6.45) is 0.301. The number of carbonyl (C=O) groups excluding carboxylic acids is 2. The molecule has 1 atom stereocenters. The van der Waals surface area contributed by atoms with Gasteiger partial charge in [-0.15, -0.1) is 0 Å². The van der Waals surface area contributed by atoms with Gasteiger partial charge in [0, 0.05) is 36.6 Å². The van der Waals surface area contributed by atoms with Gasteiger partial charge in [-0.2, -0.15) is 11.8 Å². The molecule has 0 saturated heterocycles. The summed E-state index contributed by atoms with van der Waals surface area (Å²) < 4.78 is 14.1. The van der Waals surface area contributed by atoms with Crippen molar-refractivity contribution in [3.63, 3.8) is 0 Å². The summed E-state index contributed by atoms with van der Waals surface area (Å²) in [5, 5.41) is 2.74. The van der Waals surface area contributed by atoms with Gasteiger partial charge >= 0.3 is 0 Å². The Hall–Kier alpha value is -2.34. The van der Waals surface area contributed by atoms with E-state index < -0.39 is 6.04 Å². The molecule has 1 N–H and O–H groups in total. The van der Waals surface area contributed by atoms with Crippen molar-refractivity contribution in [2.75, 3.05) is 12.3 Å². The quantitative estimate of drug-likeness (QED) is 0.611. The molecule has 0 radical (unpaired) electrons. The third-order valence-corrected chi connectivity index (χ3v) is 5.42. The van der Waals surface area contributed by atoms with Gasteiger partial charge in [-0.1, -0.05) is 48.5 Å². The van der Waals surface area contributed by atoms with Crippen molar-refractivity contribution >= 4 is 23.6 Å². The zero-order valence-corrected chi connectivity index (χ0v) is 17.2. The Kier molecular flexibility index (Phi) is 9.01. The van der Waals surface area contributed by atoms with Crippen LogP contribution >= 0.6 is 11.8 Å². The molecule has 0 aliphatic heterocycles. The van der Waals surface area contributed by atoms with E-state index in [0.717, 1.165) is 5.75 Å². The highest BCUT2D eigenvalue weighted by molar-refractivity contribution is 7.98. The van der Waals surface area contributed by atoms with E-state index in [-0.39, 0.29) is 24.2 Å². The first-order chi connectivity index (χ1) is 13.5. The van der Waals surface area contributed by atoms with Crippen molar-refractivity contribution in [2.24, 2.45) is 0 Å². The highest BCUT2D eigenvalue weighted by Crippen LogP contribution is 2.17. The molecule has 0 saturated carbocycles. The first-order valence-electron chi connectivity index (χ1n) is 9.45. The Morgan fingerprint density at radius 2 is 1.79 bits per heavy atom. The Balaban J connectivity index is 1.99. The fraction of sp³-hybridized carbons (Fsp3) is 0.364. The van der Waals surface area contributed by atoms with Crippen molar-refractivity contribution in [3.05, 3.63) is 71.5 Å². The van der Waals surface area contributed by atoms with Crippen LogP contribution in [0.4, 0.5) is 4.39 Å². The van der Waals surface area contributed by atoms with E-state index in [9.17, 15) is 14.0 Å². The molecule has 0 aromatic heterocycles. The molecule has 0 unspecified atom stereocenters. The molecule has 0 aliphatic rings. The fourth-order valence-electron chi connectivity index (χ4n) is 2.78. The lowest BCUT2D eigenvalue weighted by Crippen LogP contribution is -2.47. The van der Waals surface area contributed by atoms with E-state index in [4.69, 9.17) is 0 Å². The second-order valence-electron chi connectivity index (χ2n) is 6.47. The summed E-state index contributed by atoms with van der Waals surface area (Å²) in [5.41, 5.74) is 1.61. The Labute approximate surface area is 170 Å². The number of nitrogens with one attached hydrogen (secondary N) is 1. The number of hydrogen-bond donors (Lipinski definition) is 1. The number of amides is 2. The second kappa shape index (κ2) is 11.5. The maximum absolute atomic E-state index is 14.1. The molecular weight excluding hydrogens is 375 g/mol. The van der Waals surface area contributed by atoms with Crippen molar-refractivity contribution in [2.45, 2.75) is 38.6 Å². The lowest BCUT2D eigenvalue weighted by atomic mass is 10.1. The maximum Gasteiger partial charge on any atom is 0.242 e. The second-order valence-corrected chi connectivity index (χ2v) is 7.58. The molecule has 2 aromatic rings. The van der Waals surface area contributed by atoms with Crippen LogP contribution in [0.1, 0.15) is 31.4 Å². The Morgan fingerprint density at radius 3 is 2.46 bits per heavy atom. The van der Waals surface area contributed by atoms with Crippen LogP contribution in [-0.2, 0) is 21.9 Å². The van der Waals surface area contributed by atoms with E-state index in [0.29, 0.717) is 24.3 Å². The van der Waals surface area contributed by atoms with Crippen molar-refractivity contribution in [3.8, 4) is 0 Å². The topological polar surface area (TPSA) is 49.4 Å². The SMILES string of the molecule is CCNC(=O)[C@@H](C)N(Cc1ccccc1F)C(=O)CCSCc1ccccc1. The minimum Gasteiger partial charge on any atom is -0.355 e. The van der Waals surface area contributed by atoms with Crippen LogP contribution in [-0.4, -0.2) is 35.1 Å². The Morgan fingerprint density at radius 1 is 1.11 bits per heavy atom. The number of hydrogen-bond acceptors (Lipinski definition) is 3. The summed E-state index contributed by atoms with van der Waals surface area (Å²) in [7, 11) is 0. The predicted octanol–water partition coefficient (Wildman–Crippen LogP) is 4.00. The number of nitrogens with zero attached hydrogens (tertiary/aromatic N) is 1. The number of likely N-dealkylation sites (N-methyl/N-ethyl adjacent to an activating group) is 1. The molecule has 2 rings (SSSR count). The zero-order valence-electron chi connectivity index (χ0n) is 16.4.